The summed E-state index contributed by atoms with van der Waals surface area (Å²) in [5.74, 6) is 0.173. The standard InChI is InChI=1S/C20H28N2O3/c1-14(2)15-6-8-17(9-7-15)22-19(24)13-18(20(22)25)21-11-4-3-5-16(21)10-12-23/h6-9,14,16,18,23H,3-5,10-13H2,1-2H3. The topological polar surface area (TPSA) is 60.9 Å². The lowest BCUT2D eigenvalue weighted by Gasteiger charge is -2.38. The molecule has 0 saturated carbocycles. The van der Waals surface area contributed by atoms with Crippen LogP contribution in [0.1, 0.15) is 57.4 Å². The van der Waals surface area contributed by atoms with Crippen LogP contribution in [0.3, 0.4) is 0 Å². The maximum Gasteiger partial charge on any atom is 0.251 e. The van der Waals surface area contributed by atoms with Gasteiger partial charge in [0.2, 0.25) is 5.91 Å². The van der Waals surface area contributed by atoms with Crippen molar-refractivity contribution in [2.75, 3.05) is 18.1 Å². The lowest BCUT2D eigenvalue weighted by Crippen LogP contribution is -2.50. The van der Waals surface area contributed by atoms with Crippen LogP contribution in [0.2, 0.25) is 0 Å². The third-order valence-corrected chi connectivity index (χ3v) is 5.48. The SMILES string of the molecule is CC(C)c1ccc(N2C(=O)CC(N3CCCCC3CCO)C2=O)cc1. The predicted molar refractivity (Wildman–Crippen MR) is 97.5 cm³/mol. The van der Waals surface area contributed by atoms with Crippen LogP contribution in [0, 0.1) is 0 Å². The molecule has 0 aromatic heterocycles. The van der Waals surface area contributed by atoms with Gasteiger partial charge >= 0.3 is 0 Å². The van der Waals surface area contributed by atoms with Crippen LogP contribution < -0.4 is 4.90 Å². The van der Waals surface area contributed by atoms with Crippen molar-refractivity contribution in [3.05, 3.63) is 29.8 Å². The van der Waals surface area contributed by atoms with Crippen LogP contribution in [0.15, 0.2) is 24.3 Å². The second-order valence-corrected chi connectivity index (χ2v) is 7.43. The number of carbonyl (C=O) groups is 2. The molecule has 0 spiro atoms. The van der Waals surface area contributed by atoms with Gasteiger partial charge in [-0.25, -0.2) is 4.90 Å². The van der Waals surface area contributed by atoms with Gasteiger partial charge in [0.1, 0.15) is 0 Å². The van der Waals surface area contributed by atoms with Gasteiger partial charge in [0.05, 0.1) is 18.2 Å². The summed E-state index contributed by atoms with van der Waals surface area (Å²) in [5, 5.41) is 9.31. The van der Waals surface area contributed by atoms with E-state index < -0.39 is 0 Å². The Labute approximate surface area is 149 Å². The molecule has 2 fully saturated rings. The Morgan fingerprint density at radius 1 is 1.16 bits per heavy atom. The van der Waals surface area contributed by atoms with E-state index in [4.69, 9.17) is 0 Å². The molecule has 2 unspecified atom stereocenters. The molecule has 5 nitrogen and oxygen atoms in total. The van der Waals surface area contributed by atoms with Crippen molar-refractivity contribution in [2.45, 2.75) is 64.0 Å². The van der Waals surface area contributed by atoms with Gasteiger partial charge in [-0.2, -0.15) is 0 Å². The van der Waals surface area contributed by atoms with E-state index in [1.165, 1.54) is 10.5 Å². The van der Waals surface area contributed by atoms with E-state index in [2.05, 4.69) is 18.7 Å². The number of carbonyl (C=O) groups excluding carboxylic acids is 2. The zero-order valence-corrected chi connectivity index (χ0v) is 15.1. The van der Waals surface area contributed by atoms with Crippen molar-refractivity contribution in [1.82, 2.24) is 4.90 Å². The van der Waals surface area contributed by atoms with Crippen molar-refractivity contribution >= 4 is 17.5 Å². The van der Waals surface area contributed by atoms with E-state index in [0.29, 0.717) is 18.0 Å². The molecule has 1 aromatic rings. The molecule has 2 aliphatic heterocycles. The fourth-order valence-corrected chi connectivity index (χ4v) is 4.05. The summed E-state index contributed by atoms with van der Waals surface area (Å²) in [4.78, 5) is 29.0. The highest BCUT2D eigenvalue weighted by molar-refractivity contribution is 6.22. The molecule has 2 saturated heterocycles. The Bertz CT molecular complexity index is 624. The van der Waals surface area contributed by atoms with E-state index in [0.717, 1.165) is 25.8 Å². The predicted octanol–water partition coefficient (Wildman–Crippen LogP) is 2.68. The van der Waals surface area contributed by atoms with Gasteiger partial charge in [-0.15, -0.1) is 0 Å². The Morgan fingerprint density at radius 2 is 1.88 bits per heavy atom. The summed E-state index contributed by atoms with van der Waals surface area (Å²) in [6.07, 6.45) is 4.06. The van der Waals surface area contributed by atoms with E-state index in [-0.39, 0.29) is 36.9 Å². The maximum atomic E-state index is 13.0. The average molecular weight is 344 g/mol. The number of aliphatic hydroxyl groups is 1. The largest absolute Gasteiger partial charge is 0.396 e. The quantitative estimate of drug-likeness (QED) is 0.834. The molecule has 2 atom stereocenters. The van der Waals surface area contributed by atoms with Gasteiger partial charge in [-0.1, -0.05) is 32.4 Å². The molecule has 1 aromatic carbocycles. The van der Waals surface area contributed by atoms with E-state index in [9.17, 15) is 14.7 Å². The number of imide groups is 1. The highest BCUT2D eigenvalue weighted by Gasteiger charge is 2.44. The fourth-order valence-electron chi connectivity index (χ4n) is 4.05. The smallest absolute Gasteiger partial charge is 0.251 e. The first-order valence-corrected chi connectivity index (χ1v) is 9.36. The van der Waals surface area contributed by atoms with E-state index >= 15 is 0 Å². The first kappa shape index (κ1) is 18.1. The zero-order chi connectivity index (χ0) is 18.0. The highest BCUT2D eigenvalue weighted by atomic mass is 16.3. The summed E-state index contributed by atoms with van der Waals surface area (Å²) in [7, 11) is 0. The van der Waals surface area contributed by atoms with Crippen LogP contribution >= 0.6 is 0 Å². The highest BCUT2D eigenvalue weighted by Crippen LogP contribution is 2.31. The number of likely N-dealkylation sites (tertiary alicyclic amines) is 1. The second-order valence-electron chi connectivity index (χ2n) is 7.43. The number of amides is 2. The summed E-state index contributed by atoms with van der Waals surface area (Å²) in [5.41, 5.74) is 1.86. The molecule has 0 bridgehead atoms. The minimum absolute atomic E-state index is 0.118. The van der Waals surface area contributed by atoms with Crippen LogP contribution in [-0.4, -0.2) is 47.1 Å². The number of hydrogen-bond donors (Lipinski definition) is 1. The normalized spacial score (nSPS) is 25.2. The summed E-state index contributed by atoms with van der Waals surface area (Å²) >= 11 is 0. The van der Waals surface area contributed by atoms with Gasteiger partial charge in [0.25, 0.3) is 5.91 Å². The monoisotopic (exact) mass is 344 g/mol. The second kappa shape index (κ2) is 7.67. The first-order valence-electron chi connectivity index (χ1n) is 9.36. The van der Waals surface area contributed by atoms with Gasteiger partial charge in [-0.3, -0.25) is 14.5 Å². The molecule has 2 heterocycles. The minimum Gasteiger partial charge on any atom is -0.396 e. The summed E-state index contributed by atoms with van der Waals surface area (Å²) in [6, 6.07) is 7.54. The number of piperidine rings is 1. The molecule has 0 aliphatic carbocycles. The van der Waals surface area contributed by atoms with Crippen molar-refractivity contribution in [2.24, 2.45) is 0 Å². The molecule has 1 N–H and O–H groups in total. The lowest BCUT2D eigenvalue weighted by molar-refractivity contribution is -0.123. The average Bonchev–Trinajstić information content (AvgIpc) is 2.90. The van der Waals surface area contributed by atoms with Crippen LogP contribution in [0.5, 0.6) is 0 Å². The third kappa shape index (κ3) is 3.62. The zero-order valence-electron chi connectivity index (χ0n) is 15.1. The van der Waals surface area contributed by atoms with Crippen molar-refractivity contribution in [3.8, 4) is 0 Å². The number of hydrogen-bond acceptors (Lipinski definition) is 4. The minimum atomic E-state index is -0.380. The lowest BCUT2D eigenvalue weighted by atomic mass is 9.97. The first-order chi connectivity index (χ1) is 12.0. The number of aliphatic hydroxyl groups excluding tert-OH is 1. The molecular weight excluding hydrogens is 316 g/mol. The molecule has 3 rings (SSSR count). The summed E-state index contributed by atoms with van der Waals surface area (Å²) in [6.45, 7) is 5.19. The third-order valence-electron chi connectivity index (χ3n) is 5.48. The Morgan fingerprint density at radius 3 is 2.52 bits per heavy atom. The molecule has 136 valence electrons. The number of benzene rings is 1. The van der Waals surface area contributed by atoms with Crippen LogP contribution in [0.4, 0.5) is 5.69 Å². The molecule has 25 heavy (non-hydrogen) atoms. The van der Waals surface area contributed by atoms with Gasteiger partial charge < -0.3 is 5.11 Å². The Kier molecular flexibility index (Phi) is 5.54. The molecule has 2 aliphatic rings. The van der Waals surface area contributed by atoms with E-state index in [1.54, 1.807) is 0 Å². The number of rotatable bonds is 5. The van der Waals surface area contributed by atoms with Gasteiger partial charge in [0, 0.05) is 12.6 Å². The van der Waals surface area contributed by atoms with Crippen molar-refractivity contribution in [3.63, 3.8) is 0 Å². The Hall–Kier alpha value is -1.72. The molecule has 2 amide bonds. The molecule has 5 heteroatoms. The van der Waals surface area contributed by atoms with Gasteiger partial charge in [0.15, 0.2) is 0 Å². The number of anilines is 1. The summed E-state index contributed by atoms with van der Waals surface area (Å²) < 4.78 is 0. The fraction of sp³-hybridized carbons (Fsp3) is 0.600. The van der Waals surface area contributed by atoms with E-state index in [1.807, 2.05) is 24.3 Å². The number of nitrogens with zero attached hydrogens (tertiary/aromatic N) is 2. The Balaban J connectivity index is 1.79. The van der Waals surface area contributed by atoms with Crippen molar-refractivity contribution < 1.29 is 14.7 Å². The van der Waals surface area contributed by atoms with Crippen LogP contribution in [0.25, 0.3) is 0 Å². The molecular formula is C20H28N2O3. The van der Waals surface area contributed by atoms with Gasteiger partial charge in [-0.05, 0) is 49.4 Å². The maximum absolute atomic E-state index is 13.0. The molecule has 0 radical (unpaired) electrons. The van der Waals surface area contributed by atoms with Crippen molar-refractivity contribution in [1.29, 1.82) is 0 Å². The van der Waals surface area contributed by atoms with Crippen LogP contribution in [-0.2, 0) is 9.59 Å².